The van der Waals surface area contributed by atoms with Gasteiger partial charge in [0.1, 0.15) is 0 Å². The molecule has 0 saturated heterocycles. The van der Waals surface area contributed by atoms with Gasteiger partial charge in [-0.2, -0.15) is 0 Å². The lowest BCUT2D eigenvalue weighted by atomic mass is 9.83. The second-order valence-corrected chi connectivity index (χ2v) is 11.4. The zero-order valence-corrected chi connectivity index (χ0v) is 23.7. The first-order chi connectivity index (χ1) is 18.9. The number of aliphatic carboxylic acids is 1. The molecule has 0 radical (unpaired) electrons. The normalized spacial score (nSPS) is 13.8. The van der Waals surface area contributed by atoms with Crippen molar-refractivity contribution in [1.29, 1.82) is 0 Å². The number of ether oxygens (including phenoxy) is 1. The van der Waals surface area contributed by atoms with E-state index in [2.05, 4.69) is 4.98 Å². The molecule has 1 amide bonds. The van der Waals surface area contributed by atoms with E-state index in [-0.39, 0.29) is 11.7 Å². The summed E-state index contributed by atoms with van der Waals surface area (Å²) in [5.74, 6) is -0.753. The quantitative estimate of drug-likeness (QED) is 0.283. The summed E-state index contributed by atoms with van der Waals surface area (Å²) in [6.45, 7) is 12.2. The number of benzene rings is 3. The highest BCUT2D eigenvalue weighted by atomic mass is 16.5. The highest BCUT2D eigenvalue weighted by Gasteiger charge is 2.37. The number of aryl methyl sites for hydroxylation is 1. The fraction of sp³-hybridized carbons (Fsp3) is 0.303. The minimum Gasteiger partial charge on any atom is -0.479 e. The standard InChI is InChI=1S/C33H34N2O5/c1-19-12-14-22(15-13-19)27-20(2)24-17-35(31(36)26-16-34-30(39-26)23-10-8-7-9-11-23)18-25(24)21(3)28(27)29(32(37)38)40-33(4,5)6/h7-16,29H,17-18H2,1-6H3,(H,37,38). The lowest BCUT2D eigenvalue weighted by Gasteiger charge is -2.29. The largest absolute Gasteiger partial charge is 0.479 e. The van der Waals surface area contributed by atoms with Crippen LogP contribution in [-0.2, 0) is 22.6 Å². The summed E-state index contributed by atoms with van der Waals surface area (Å²) in [7, 11) is 0. The molecule has 7 heteroatoms. The molecule has 7 nitrogen and oxygen atoms in total. The van der Waals surface area contributed by atoms with Crippen LogP contribution < -0.4 is 0 Å². The van der Waals surface area contributed by atoms with Gasteiger partial charge in [0.05, 0.1) is 11.8 Å². The first-order valence-corrected chi connectivity index (χ1v) is 13.4. The molecule has 0 bridgehead atoms. The Balaban J connectivity index is 1.58. The predicted octanol–water partition coefficient (Wildman–Crippen LogP) is 7.03. The Bertz CT molecular complexity index is 1580. The summed E-state index contributed by atoms with van der Waals surface area (Å²) in [5, 5.41) is 10.3. The molecule has 2 heterocycles. The van der Waals surface area contributed by atoms with Crippen LogP contribution in [0.15, 0.2) is 65.2 Å². The van der Waals surface area contributed by atoms with E-state index in [1.165, 1.54) is 6.20 Å². The van der Waals surface area contributed by atoms with Crippen LogP contribution in [0.5, 0.6) is 0 Å². The monoisotopic (exact) mass is 538 g/mol. The van der Waals surface area contributed by atoms with E-state index < -0.39 is 17.7 Å². The van der Waals surface area contributed by atoms with Crippen molar-refractivity contribution in [3.63, 3.8) is 0 Å². The predicted molar refractivity (Wildman–Crippen MR) is 153 cm³/mol. The zero-order chi connectivity index (χ0) is 28.8. The van der Waals surface area contributed by atoms with E-state index in [1.807, 2.05) is 96.1 Å². The van der Waals surface area contributed by atoms with Crippen molar-refractivity contribution in [3.8, 4) is 22.6 Å². The summed E-state index contributed by atoms with van der Waals surface area (Å²) in [5.41, 5.74) is 7.35. The topological polar surface area (TPSA) is 92.9 Å². The Labute approximate surface area is 234 Å². The van der Waals surface area contributed by atoms with Gasteiger partial charge in [0.15, 0.2) is 6.10 Å². The second kappa shape index (κ2) is 10.4. The van der Waals surface area contributed by atoms with Crippen molar-refractivity contribution >= 4 is 11.9 Å². The third kappa shape index (κ3) is 5.17. The van der Waals surface area contributed by atoms with E-state index >= 15 is 0 Å². The first kappa shape index (κ1) is 27.3. The van der Waals surface area contributed by atoms with Gasteiger partial charge in [-0.25, -0.2) is 9.78 Å². The number of nitrogens with zero attached hydrogens (tertiary/aromatic N) is 2. The molecule has 1 aliphatic rings. The van der Waals surface area contributed by atoms with Gasteiger partial charge in [-0.15, -0.1) is 0 Å². The molecule has 1 atom stereocenters. The lowest BCUT2D eigenvalue weighted by molar-refractivity contribution is -0.160. The SMILES string of the molecule is Cc1ccc(-c2c(C)c3c(c(C)c2C(OC(C)(C)C)C(=O)O)CN(C(=O)c2cnc(-c4ccccc4)o2)C3)cc1. The number of hydrogen-bond donors (Lipinski definition) is 1. The molecule has 3 aromatic carbocycles. The summed E-state index contributed by atoms with van der Waals surface area (Å²) < 4.78 is 12.0. The van der Waals surface area contributed by atoms with E-state index in [0.717, 1.165) is 44.5 Å². The number of amides is 1. The maximum Gasteiger partial charge on any atom is 0.337 e. The van der Waals surface area contributed by atoms with Gasteiger partial charge in [-0.1, -0.05) is 48.0 Å². The molecule has 1 aliphatic heterocycles. The molecule has 1 aromatic heterocycles. The maximum absolute atomic E-state index is 13.6. The van der Waals surface area contributed by atoms with Crippen molar-refractivity contribution in [2.24, 2.45) is 0 Å². The molecule has 0 aliphatic carbocycles. The van der Waals surface area contributed by atoms with Gasteiger partial charge in [0.25, 0.3) is 5.91 Å². The molecular formula is C33H34N2O5. The lowest BCUT2D eigenvalue weighted by Crippen LogP contribution is -2.28. The van der Waals surface area contributed by atoms with E-state index in [4.69, 9.17) is 9.15 Å². The summed E-state index contributed by atoms with van der Waals surface area (Å²) in [6.07, 6.45) is 0.293. The van der Waals surface area contributed by atoms with Crippen LogP contribution >= 0.6 is 0 Å². The number of carboxylic acids is 1. The number of carbonyl (C=O) groups is 2. The van der Waals surface area contributed by atoms with Crippen LogP contribution in [0.3, 0.4) is 0 Å². The number of fused-ring (bicyclic) bond motifs is 1. The van der Waals surface area contributed by atoms with E-state index in [0.29, 0.717) is 24.5 Å². The Hall–Kier alpha value is -4.23. The minimum atomic E-state index is -1.17. The van der Waals surface area contributed by atoms with Crippen molar-refractivity contribution in [2.75, 3.05) is 0 Å². The Morgan fingerprint density at radius 3 is 2.15 bits per heavy atom. The second-order valence-electron chi connectivity index (χ2n) is 11.4. The number of hydrogen-bond acceptors (Lipinski definition) is 5. The smallest absolute Gasteiger partial charge is 0.337 e. The maximum atomic E-state index is 13.6. The minimum absolute atomic E-state index is 0.167. The Morgan fingerprint density at radius 1 is 0.925 bits per heavy atom. The molecule has 0 spiro atoms. The van der Waals surface area contributed by atoms with Crippen LogP contribution in [0.25, 0.3) is 22.6 Å². The highest BCUT2D eigenvalue weighted by molar-refractivity contribution is 5.92. The summed E-state index contributed by atoms with van der Waals surface area (Å²) in [6, 6.07) is 17.5. The zero-order valence-electron chi connectivity index (χ0n) is 23.7. The number of carbonyl (C=O) groups excluding carboxylic acids is 1. The first-order valence-electron chi connectivity index (χ1n) is 13.4. The summed E-state index contributed by atoms with van der Waals surface area (Å²) in [4.78, 5) is 32.3. The van der Waals surface area contributed by atoms with Gasteiger partial charge in [-0.3, -0.25) is 4.79 Å². The van der Waals surface area contributed by atoms with E-state index in [1.54, 1.807) is 4.90 Å². The number of carboxylic acid groups (broad SMARTS) is 1. The van der Waals surface area contributed by atoms with Gasteiger partial charge in [0, 0.05) is 24.2 Å². The number of rotatable bonds is 6. The summed E-state index contributed by atoms with van der Waals surface area (Å²) >= 11 is 0. The molecular weight excluding hydrogens is 504 g/mol. The molecule has 0 fully saturated rings. The molecule has 4 aromatic rings. The van der Waals surface area contributed by atoms with Gasteiger partial charge in [0.2, 0.25) is 11.7 Å². The molecule has 206 valence electrons. The average Bonchev–Trinajstić information content (AvgIpc) is 3.58. The third-order valence-electron chi connectivity index (χ3n) is 7.34. The Morgan fingerprint density at radius 2 is 1.55 bits per heavy atom. The van der Waals surface area contributed by atoms with Crippen LogP contribution in [0.1, 0.15) is 70.8 Å². The van der Waals surface area contributed by atoms with Gasteiger partial charge >= 0.3 is 5.97 Å². The highest BCUT2D eigenvalue weighted by Crippen LogP contribution is 2.44. The van der Waals surface area contributed by atoms with Crippen molar-refractivity contribution in [1.82, 2.24) is 9.88 Å². The number of oxazole rings is 1. The molecule has 0 saturated carbocycles. The molecule has 1 N–H and O–H groups in total. The fourth-order valence-corrected chi connectivity index (χ4v) is 5.41. The number of aromatic nitrogens is 1. The molecule has 1 unspecified atom stereocenters. The van der Waals surface area contributed by atoms with Crippen molar-refractivity contribution in [3.05, 3.63) is 99.9 Å². The third-order valence-corrected chi connectivity index (χ3v) is 7.34. The van der Waals surface area contributed by atoms with Crippen LogP contribution in [-0.4, -0.2) is 32.5 Å². The Kier molecular flexibility index (Phi) is 7.10. The molecule has 5 rings (SSSR count). The van der Waals surface area contributed by atoms with Crippen LogP contribution in [0, 0.1) is 20.8 Å². The fourth-order valence-electron chi connectivity index (χ4n) is 5.41. The van der Waals surface area contributed by atoms with Gasteiger partial charge in [-0.05, 0) is 87.1 Å². The van der Waals surface area contributed by atoms with Crippen molar-refractivity contribution < 1.29 is 23.8 Å². The average molecular weight is 539 g/mol. The van der Waals surface area contributed by atoms with E-state index in [9.17, 15) is 14.7 Å². The van der Waals surface area contributed by atoms with Crippen LogP contribution in [0.4, 0.5) is 0 Å². The van der Waals surface area contributed by atoms with Crippen LogP contribution in [0.2, 0.25) is 0 Å². The van der Waals surface area contributed by atoms with Gasteiger partial charge < -0.3 is 19.2 Å². The van der Waals surface area contributed by atoms with Crippen molar-refractivity contribution in [2.45, 2.75) is 66.3 Å². The molecule has 40 heavy (non-hydrogen) atoms.